The van der Waals surface area contributed by atoms with Crippen LogP contribution in [0.2, 0.25) is 0 Å². The normalized spacial score (nSPS) is 12.6. The standard InChI is InChI=1S/C16H23NO3/c1-5-10-19-13-8-6-12(7-9-13)11-14(17)15(18)20-16(2,3)4/h5-9,14H,1,10-11,17H2,2-4H3. The van der Waals surface area contributed by atoms with Gasteiger partial charge in [0.05, 0.1) is 0 Å². The molecule has 0 radical (unpaired) electrons. The molecule has 1 aromatic rings. The molecule has 0 heterocycles. The molecule has 0 bridgehead atoms. The van der Waals surface area contributed by atoms with Gasteiger partial charge in [0.2, 0.25) is 0 Å². The van der Waals surface area contributed by atoms with E-state index in [9.17, 15) is 4.79 Å². The van der Waals surface area contributed by atoms with Crippen LogP contribution in [-0.4, -0.2) is 24.2 Å². The summed E-state index contributed by atoms with van der Waals surface area (Å²) in [5.74, 6) is 0.379. The van der Waals surface area contributed by atoms with Crippen molar-refractivity contribution in [2.24, 2.45) is 5.73 Å². The molecule has 2 N–H and O–H groups in total. The molecule has 4 nitrogen and oxygen atoms in total. The molecule has 1 rings (SSSR count). The molecular formula is C16H23NO3. The molecule has 1 atom stereocenters. The van der Waals surface area contributed by atoms with Crippen molar-refractivity contribution in [2.75, 3.05) is 6.61 Å². The van der Waals surface area contributed by atoms with E-state index in [-0.39, 0.29) is 5.97 Å². The summed E-state index contributed by atoms with van der Waals surface area (Å²) in [6.07, 6.45) is 2.13. The third kappa shape index (κ3) is 5.89. The van der Waals surface area contributed by atoms with Gasteiger partial charge in [-0.2, -0.15) is 0 Å². The SMILES string of the molecule is C=CCOc1ccc(CC(N)C(=O)OC(C)(C)C)cc1. The molecule has 0 aromatic heterocycles. The van der Waals surface area contributed by atoms with E-state index in [0.29, 0.717) is 13.0 Å². The predicted octanol–water partition coefficient (Wildman–Crippen LogP) is 2.46. The van der Waals surface area contributed by atoms with E-state index in [4.69, 9.17) is 15.2 Å². The minimum atomic E-state index is -0.658. The van der Waals surface area contributed by atoms with E-state index in [1.807, 2.05) is 45.0 Å². The van der Waals surface area contributed by atoms with Gasteiger partial charge in [0.1, 0.15) is 24.0 Å². The second-order valence-electron chi connectivity index (χ2n) is 5.59. The van der Waals surface area contributed by atoms with E-state index in [1.165, 1.54) is 0 Å². The zero-order valence-corrected chi connectivity index (χ0v) is 12.4. The zero-order chi connectivity index (χ0) is 15.2. The van der Waals surface area contributed by atoms with Crippen LogP contribution in [0, 0.1) is 0 Å². The molecule has 0 aliphatic heterocycles. The van der Waals surface area contributed by atoms with Gasteiger partial charge in [0.15, 0.2) is 0 Å². The minimum Gasteiger partial charge on any atom is -0.490 e. The van der Waals surface area contributed by atoms with Gasteiger partial charge in [-0.1, -0.05) is 24.8 Å². The molecule has 0 aliphatic carbocycles. The van der Waals surface area contributed by atoms with Gasteiger partial charge in [0, 0.05) is 0 Å². The van der Waals surface area contributed by atoms with Crippen LogP contribution in [-0.2, 0) is 16.0 Å². The van der Waals surface area contributed by atoms with Gasteiger partial charge in [-0.15, -0.1) is 0 Å². The molecule has 0 fully saturated rings. The van der Waals surface area contributed by atoms with Crippen molar-refractivity contribution in [1.82, 2.24) is 0 Å². The fraction of sp³-hybridized carbons (Fsp3) is 0.438. The van der Waals surface area contributed by atoms with Crippen LogP contribution in [0.15, 0.2) is 36.9 Å². The highest BCUT2D eigenvalue weighted by Gasteiger charge is 2.22. The Hall–Kier alpha value is -1.81. The van der Waals surface area contributed by atoms with Crippen LogP contribution in [0.3, 0.4) is 0 Å². The summed E-state index contributed by atoms with van der Waals surface area (Å²) in [5.41, 5.74) is 6.31. The maximum atomic E-state index is 11.8. The van der Waals surface area contributed by atoms with E-state index in [1.54, 1.807) is 6.08 Å². The summed E-state index contributed by atoms with van der Waals surface area (Å²) in [7, 11) is 0. The van der Waals surface area contributed by atoms with Gasteiger partial charge >= 0.3 is 5.97 Å². The Morgan fingerprint density at radius 2 is 1.95 bits per heavy atom. The summed E-state index contributed by atoms with van der Waals surface area (Å²) in [5, 5.41) is 0. The summed E-state index contributed by atoms with van der Waals surface area (Å²) in [6, 6.07) is 6.82. The fourth-order valence-electron chi connectivity index (χ4n) is 1.59. The quantitative estimate of drug-likeness (QED) is 0.641. The number of carbonyl (C=O) groups excluding carboxylic acids is 1. The highest BCUT2D eigenvalue weighted by molar-refractivity contribution is 5.76. The lowest BCUT2D eigenvalue weighted by Crippen LogP contribution is -2.38. The third-order valence-electron chi connectivity index (χ3n) is 2.46. The van der Waals surface area contributed by atoms with Gasteiger partial charge in [-0.05, 0) is 44.9 Å². The Kier molecular flexibility index (Phi) is 5.77. The predicted molar refractivity (Wildman–Crippen MR) is 79.7 cm³/mol. The lowest BCUT2D eigenvalue weighted by Gasteiger charge is -2.22. The van der Waals surface area contributed by atoms with Gasteiger partial charge < -0.3 is 15.2 Å². The lowest BCUT2D eigenvalue weighted by molar-refractivity contribution is -0.156. The van der Waals surface area contributed by atoms with Gasteiger partial charge in [0.25, 0.3) is 0 Å². The van der Waals surface area contributed by atoms with E-state index in [2.05, 4.69) is 6.58 Å². The van der Waals surface area contributed by atoms with Crippen LogP contribution in [0.5, 0.6) is 5.75 Å². The summed E-state index contributed by atoms with van der Waals surface area (Å²) < 4.78 is 10.6. The first-order valence-electron chi connectivity index (χ1n) is 6.63. The van der Waals surface area contributed by atoms with Crippen LogP contribution in [0.4, 0.5) is 0 Å². The minimum absolute atomic E-state index is 0.385. The van der Waals surface area contributed by atoms with E-state index >= 15 is 0 Å². The average molecular weight is 277 g/mol. The molecule has 110 valence electrons. The monoisotopic (exact) mass is 277 g/mol. The second kappa shape index (κ2) is 7.10. The van der Waals surface area contributed by atoms with Gasteiger partial charge in [-0.3, -0.25) is 4.79 Å². The highest BCUT2D eigenvalue weighted by atomic mass is 16.6. The number of hydrogen-bond donors (Lipinski definition) is 1. The molecule has 1 unspecified atom stereocenters. The van der Waals surface area contributed by atoms with Crippen molar-refractivity contribution in [2.45, 2.75) is 38.8 Å². The average Bonchev–Trinajstić information content (AvgIpc) is 2.36. The maximum Gasteiger partial charge on any atom is 0.323 e. The molecular weight excluding hydrogens is 254 g/mol. The first-order valence-corrected chi connectivity index (χ1v) is 6.63. The first-order chi connectivity index (χ1) is 9.31. The second-order valence-corrected chi connectivity index (χ2v) is 5.59. The maximum absolute atomic E-state index is 11.8. The van der Waals surface area contributed by atoms with Crippen LogP contribution in [0.1, 0.15) is 26.3 Å². The van der Waals surface area contributed by atoms with Crippen LogP contribution >= 0.6 is 0 Å². The summed E-state index contributed by atoms with van der Waals surface area (Å²) >= 11 is 0. The van der Waals surface area contributed by atoms with Crippen molar-refractivity contribution >= 4 is 5.97 Å². The number of esters is 1. The van der Waals surface area contributed by atoms with Crippen molar-refractivity contribution < 1.29 is 14.3 Å². The van der Waals surface area contributed by atoms with E-state index in [0.717, 1.165) is 11.3 Å². The molecule has 1 aromatic carbocycles. The summed E-state index contributed by atoms with van der Waals surface area (Å²) in [4.78, 5) is 11.8. The molecule has 20 heavy (non-hydrogen) atoms. The van der Waals surface area contributed by atoms with Gasteiger partial charge in [-0.25, -0.2) is 0 Å². The largest absolute Gasteiger partial charge is 0.490 e. The molecule has 4 heteroatoms. The molecule has 0 spiro atoms. The molecule has 0 aliphatic rings. The number of carbonyl (C=O) groups is 1. The van der Waals surface area contributed by atoms with Crippen molar-refractivity contribution in [3.63, 3.8) is 0 Å². The lowest BCUT2D eigenvalue weighted by atomic mass is 10.1. The molecule has 0 saturated heterocycles. The molecule has 0 amide bonds. The highest BCUT2D eigenvalue weighted by Crippen LogP contribution is 2.14. The van der Waals surface area contributed by atoms with E-state index < -0.39 is 11.6 Å². The third-order valence-corrected chi connectivity index (χ3v) is 2.46. The number of ether oxygens (including phenoxy) is 2. The topological polar surface area (TPSA) is 61.5 Å². The Labute approximate surface area is 120 Å². The Balaban J connectivity index is 2.55. The van der Waals surface area contributed by atoms with Crippen LogP contribution < -0.4 is 10.5 Å². The smallest absolute Gasteiger partial charge is 0.323 e. The summed E-state index contributed by atoms with van der Waals surface area (Å²) in [6.45, 7) is 9.53. The Bertz CT molecular complexity index is 446. The van der Waals surface area contributed by atoms with Crippen molar-refractivity contribution in [3.8, 4) is 5.75 Å². The number of benzene rings is 1. The Morgan fingerprint density at radius 1 is 1.35 bits per heavy atom. The first kappa shape index (κ1) is 16.2. The van der Waals surface area contributed by atoms with Crippen molar-refractivity contribution in [3.05, 3.63) is 42.5 Å². The van der Waals surface area contributed by atoms with Crippen molar-refractivity contribution in [1.29, 1.82) is 0 Å². The van der Waals surface area contributed by atoms with Crippen LogP contribution in [0.25, 0.3) is 0 Å². The molecule has 0 saturated carbocycles. The fourth-order valence-corrected chi connectivity index (χ4v) is 1.59. The number of rotatable bonds is 6. The zero-order valence-electron chi connectivity index (χ0n) is 12.4. The number of hydrogen-bond acceptors (Lipinski definition) is 4. The Morgan fingerprint density at radius 3 is 2.45 bits per heavy atom. The number of nitrogens with two attached hydrogens (primary N) is 1.